The lowest BCUT2D eigenvalue weighted by atomic mass is 9.99. The summed E-state index contributed by atoms with van der Waals surface area (Å²) in [5.41, 5.74) is 0.300. The summed E-state index contributed by atoms with van der Waals surface area (Å²) in [6, 6.07) is 7.36. The Morgan fingerprint density at radius 1 is 1.30 bits per heavy atom. The molecule has 0 aromatic heterocycles. The van der Waals surface area contributed by atoms with E-state index in [2.05, 4.69) is 0 Å². The third-order valence-corrected chi connectivity index (χ3v) is 6.23. The van der Waals surface area contributed by atoms with E-state index in [4.69, 9.17) is 4.74 Å². The monoisotopic (exact) mass is 341 g/mol. The van der Waals surface area contributed by atoms with Crippen molar-refractivity contribution in [2.24, 2.45) is 0 Å². The normalized spacial score (nSPS) is 22.3. The van der Waals surface area contributed by atoms with Crippen LogP contribution in [0.3, 0.4) is 0 Å². The fourth-order valence-corrected chi connectivity index (χ4v) is 5.01. The Morgan fingerprint density at radius 2 is 1.91 bits per heavy atom. The van der Waals surface area contributed by atoms with Gasteiger partial charge in [-0.2, -0.15) is 4.31 Å². The molecular weight excluding hydrogens is 318 g/mol. The van der Waals surface area contributed by atoms with Gasteiger partial charge in [-0.1, -0.05) is 31.2 Å². The van der Waals surface area contributed by atoms with Gasteiger partial charge < -0.3 is 9.84 Å². The topological polar surface area (TPSA) is 83.9 Å². The number of hydrogen-bond acceptors (Lipinski definition) is 4. The van der Waals surface area contributed by atoms with Crippen LogP contribution in [-0.2, 0) is 31.7 Å². The Kier molecular flexibility index (Phi) is 5.44. The zero-order valence-electron chi connectivity index (χ0n) is 13.5. The lowest BCUT2D eigenvalue weighted by molar-refractivity contribution is -0.150. The van der Waals surface area contributed by atoms with Crippen LogP contribution in [0.1, 0.15) is 30.9 Å². The molecule has 0 spiro atoms. The number of methoxy groups -OCH3 is 1. The molecule has 0 amide bonds. The zero-order chi connectivity index (χ0) is 17.1. The Bertz CT molecular complexity index is 656. The molecule has 1 aliphatic rings. The lowest BCUT2D eigenvalue weighted by Gasteiger charge is -2.33. The van der Waals surface area contributed by atoms with Gasteiger partial charge in [-0.25, -0.2) is 8.42 Å². The fraction of sp³-hybridized carbons (Fsp3) is 0.562. The molecule has 6 nitrogen and oxygen atoms in total. The third-order valence-electron chi connectivity index (χ3n) is 4.33. The van der Waals surface area contributed by atoms with Crippen molar-refractivity contribution in [1.29, 1.82) is 0 Å². The van der Waals surface area contributed by atoms with E-state index < -0.39 is 21.5 Å². The second-order valence-corrected chi connectivity index (χ2v) is 7.76. The number of carbonyl (C=O) groups is 1. The van der Waals surface area contributed by atoms with Gasteiger partial charge in [0.1, 0.15) is 0 Å². The van der Waals surface area contributed by atoms with Crippen LogP contribution in [0.25, 0.3) is 0 Å². The van der Waals surface area contributed by atoms with E-state index in [0.29, 0.717) is 12.0 Å². The standard InChI is InChI=1S/C16H23NO5S/c1-3-13-5-7-14(8-6-13)11-23(20,21)17-10-4-9-16(17,12-22-2)15(18)19/h5-8H,3-4,9-12H2,1-2H3,(H,18,19). The van der Waals surface area contributed by atoms with Crippen LogP contribution in [0.4, 0.5) is 0 Å². The maximum Gasteiger partial charge on any atom is 0.327 e. The Hall–Kier alpha value is -1.44. The number of rotatable bonds is 7. The number of carboxylic acid groups (broad SMARTS) is 1. The Morgan fingerprint density at radius 3 is 2.43 bits per heavy atom. The maximum absolute atomic E-state index is 12.8. The molecule has 0 bridgehead atoms. The van der Waals surface area contributed by atoms with Gasteiger partial charge in [-0.3, -0.25) is 4.79 Å². The highest BCUT2D eigenvalue weighted by atomic mass is 32.2. The van der Waals surface area contributed by atoms with Gasteiger partial charge in [0.2, 0.25) is 10.0 Å². The molecular formula is C16H23NO5S. The second kappa shape index (κ2) is 6.98. The van der Waals surface area contributed by atoms with Crippen molar-refractivity contribution in [2.75, 3.05) is 20.3 Å². The quantitative estimate of drug-likeness (QED) is 0.815. The molecule has 2 rings (SSSR count). The number of carboxylic acids is 1. The first-order valence-corrected chi connectivity index (χ1v) is 9.27. The molecule has 1 saturated heterocycles. The number of ether oxygens (including phenoxy) is 1. The summed E-state index contributed by atoms with van der Waals surface area (Å²) in [5.74, 6) is -1.35. The molecule has 1 fully saturated rings. The van der Waals surface area contributed by atoms with Crippen LogP contribution in [0.2, 0.25) is 0 Å². The number of nitrogens with zero attached hydrogens (tertiary/aromatic N) is 1. The van der Waals surface area contributed by atoms with Gasteiger partial charge in [-0.05, 0) is 30.4 Å². The lowest BCUT2D eigenvalue weighted by Crippen LogP contribution is -2.56. The van der Waals surface area contributed by atoms with Crippen molar-refractivity contribution in [3.05, 3.63) is 35.4 Å². The first-order chi connectivity index (χ1) is 10.9. The average Bonchev–Trinajstić information content (AvgIpc) is 2.94. The molecule has 1 heterocycles. The summed E-state index contributed by atoms with van der Waals surface area (Å²) in [6.07, 6.45) is 1.67. The van der Waals surface area contributed by atoms with Crippen molar-refractivity contribution in [2.45, 2.75) is 37.5 Å². The molecule has 1 atom stereocenters. The molecule has 7 heteroatoms. The minimum absolute atomic E-state index is 0.143. The van der Waals surface area contributed by atoms with E-state index in [1.807, 2.05) is 19.1 Å². The first kappa shape index (κ1) is 17.9. The molecule has 23 heavy (non-hydrogen) atoms. The van der Waals surface area contributed by atoms with E-state index in [1.165, 1.54) is 7.11 Å². The van der Waals surface area contributed by atoms with Crippen molar-refractivity contribution in [3.63, 3.8) is 0 Å². The molecule has 0 radical (unpaired) electrons. The largest absolute Gasteiger partial charge is 0.480 e. The maximum atomic E-state index is 12.8. The van der Waals surface area contributed by atoms with Crippen molar-refractivity contribution >= 4 is 16.0 Å². The van der Waals surface area contributed by atoms with Gasteiger partial charge in [0.05, 0.1) is 12.4 Å². The SMILES string of the molecule is CCc1ccc(CS(=O)(=O)N2CCCC2(COC)C(=O)O)cc1. The molecule has 1 aromatic carbocycles. The highest BCUT2D eigenvalue weighted by Crippen LogP contribution is 2.34. The summed E-state index contributed by atoms with van der Waals surface area (Å²) < 4.78 is 31.6. The van der Waals surface area contributed by atoms with Crippen LogP contribution in [0, 0.1) is 0 Å². The Labute approximate surface area is 137 Å². The van der Waals surface area contributed by atoms with Crippen LogP contribution in [0.15, 0.2) is 24.3 Å². The predicted molar refractivity (Wildman–Crippen MR) is 86.6 cm³/mol. The van der Waals surface area contributed by atoms with Crippen LogP contribution in [0.5, 0.6) is 0 Å². The summed E-state index contributed by atoms with van der Waals surface area (Å²) in [5, 5.41) is 9.58. The van der Waals surface area contributed by atoms with E-state index in [9.17, 15) is 18.3 Å². The highest BCUT2D eigenvalue weighted by molar-refractivity contribution is 7.88. The summed E-state index contributed by atoms with van der Waals surface area (Å²) in [4.78, 5) is 11.7. The van der Waals surface area contributed by atoms with Gasteiger partial charge in [-0.15, -0.1) is 0 Å². The third kappa shape index (κ3) is 3.57. The van der Waals surface area contributed by atoms with Gasteiger partial charge in [0, 0.05) is 13.7 Å². The van der Waals surface area contributed by atoms with Gasteiger partial charge in [0.25, 0.3) is 0 Å². The number of hydrogen-bond donors (Lipinski definition) is 1. The molecule has 1 aliphatic heterocycles. The zero-order valence-corrected chi connectivity index (χ0v) is 14.3. The van der Waals surface area contributed by atoms with Crippen molar-refractivity contribution in [3.8, 4) is 0 Å². The molecule has 1 unspecified atom stereocenters. The number of aliphatic carboxylic acids is 1. The summed E-state index contributed by atoms with van der Waals surface area (Å²) in [7, 11) is -2.35. The summed E-state index contributed by atoms with van der Waals surface area (Å²) >= 11 is 0. The van der Waals surface area contributed by atoms with Gasteiger partial charge >= 0.3 is 5.97 Å². The van der Waals surface area contributed by atoms with Gasteiger partial charge in [0.15, 0.2) is 5.54 Å². The number of benzene rings is 1. The second-order valence-electron chi connectivity index (χ2n) is 5.87. The molecule has 128 valence electrons. The van der Waals surface area contributed by atoms with E-state index in [-0.39, 0.29) is 25.3 Å². The van der Waals surface area contributed by atoms with Crippen LogP contribution in [-0.4, -0.2) is 49.6 Å². The minimum atomic E-state index is -3.73. The predicted octanol–water partition coefficient (Wildman–Crippen LogP) is 1.64. The molecule has 1 N–H and O–H groups in total. The highest BCUT2D eigenvalue weighted by Gasteiger charge is 2.53. The molecule has 0 saturated carbocycles. The van der Waals surface area contributed by atoms with Crippen molar-refractivity contribution < 1.29 is 23.1 Å². The number of aryl methyl sites for hydroxylation is 1. The number of sulfonamides is 1. The average molecular weight is 341 g/mol. The fourth-order valence-electron chi connectivity index (χ4n) is 3.08. The minimum Gasteiger partial charge on any atom is -0.480 e. The Balaban J connectivity index is 2.27. The first-order valence-electron chi connectivity index (χ1n) is 7.66. The molecule has 1 aromatic rings. The van der Waals surface area contributed by atoms with E-state index in [1.54, 1.807) is 12.1 Å². The van der Waals surface area contributed by atoms with E-state index in [0.717, 1.165) is 16.3 Å². The summed E-state index contributed by atoms with van der Waals surface area (Å²) in [6.45, 7) is 2.10. The van der Waals surface area contributed by atoms with Crippen LogP contribution < -0.4 is 0 Å². The van der Waals surface area contributed by atoms with Crippen LogP contribution >= 0.6 is 0 Å². The van der Waals surface area contributed by atoms with Crippen molar-refractivity contribution in [1.82, 2.24) is 4.31 Å². The smallest absolute Gasteiger partial charge is 0.327 e. The molecule has 0 aliphatic carbocycles. The van der Waals surface area contributed by atoms with E-state index >= 15 is 0 Å².